The average molecular weight is 823 g/mol. The minimum Gasteiger partial charge on any atom is -0.481 e. The van der Waals surface area contributed by atoms with Crippen molar-refractivity contribution in [1.29, 1.82) is 0 Å². The molecule has 2 amide bonds. The van der Waals surface area contributed by atoms with Crippen LogP contribution in [-0.4, -0.2) is 58.5 Å². The molecule has 1 aliphatic heterocycles. The van der Waals surface area contributed by atoms with Gasteiger partial charge in [0.25, 0.3) is 0 Å². The van der Waals surface area contributed by atoms with Gasteiger partial charge in [-0.1, -0.05) is 66.2 Å². The van der Waals surface area contributed by atoms with E-state index in [0.29, 0.717) is 67.6 Å². The van der Waals surface area contributed by atoms with Crippen LogP contribution in [0.3, 0.4) is 0 Å². The lowest BCUT2D eigenvalue weighted by atomic mass is 9.36. The second-order valence-corrected chi connectivity index (χ2v) is 18.1. The molecule has 7 rings (SSSR count). The smallest absolute Gasteiger partial charge is 0.335 e. The lowest BCUT2D eigenvalue weighted by Gasteiger charge is -2.68. The molecule has 5 fully saturated rings. The van der Waals surface area contributed by atoms with Crippen molar-refractivity contribution in [2.75, 3.05) is 19.6 Å². The van der Waals surface area contributed by atoms with Crippen molar-refractivity contribution in [1.82, 2.24) is 10.2 Å². The molecular weight excluding hydrogens is 749 g/mol. The molecule has 4 saturated carbocycles. The van der Waals surface area contributed by atoms with Crippen molar-refractivity contribution in [2.24, 2.45) is 57.2 Å². The first-order valence-electron chi connectivity index (χ1n) is 22.1. The van der Waals surface area contributed by atoms with E-state index in [9.17, 15) is 29.4 Å². The van der Waals surface area contributed by atoms with Gasteiger partial charge in [-0.2, -0.15) is 0 Å². The van der Waals surface area contributed by atoms with Crippen molar-refractivity contribution in [3.8, 4) is 38.5 Å². The average Bonchev–Trinajstić information content (AvgIpc) is 3.73. The second kappa shape index (κ2) is 22.2. The summed E-state index contributed by atoms with van der Waals surface area (Å²) in [4.78, 5) is 51.6. The van der Waals surface area contributed by atoms with E-state index < -0.39 is 11.9 Å². The molecule has 3 N–H and O–H groups in total. The summed E-state index contributed by atoms with van der Waals surface area (Å²) >= 11 is 0. The highest BCUT2D eigenvalue weighted by molar-refractivity contribution is 5.88. The van der Waals surface area contributed by atoms with Gasteiger partial charge in [0.1, 0.15) is 0 Å². The van der Waals surface area contributed by atoms with Crippen LogP contribution in [0.25, 0.3) is 5.57 Å². The number of rotatable bonds is 7. The number of terminal acetylenes is 3. The number of carboxylic acids is 2. The molecule has 5 aliphatic carbocycles. The molecular formula is C52H74N2O6. The van der Waals surface area contributed by atoms with Crippen LogP contribution in [0.2, 0.25) is 0 Å². The number of nitrogens with one attached hydrogen (secondary N) is 1. The fraction of sp³-hybridized carbons (Fsp3) is 0.615. The standard InChI is InChI=1S/C42H58N2O6.C2H6.C2H4.3C2H2/c1-39(2)30(26-7-9-27(10-8-26)36(46)47)13-20-41(4)33(39)15-21-40(3)31-14-22-42(19-5-6-32(42)29(31)11-12-34(40)41)38(50)43-23-16-35(45)44-24-17-28(18-25-44)37(48)49;5*1-2/h7-10,13,28-29,31-34H,5-6,11-12,14-25H2,1-4H3,(H,43,50)(H,46,47)(H,48,49);1-2H3;1-2H2;3*1-2H/t29-,31?,32?,33?,34?,40-,41-,42-;;;;;/m0...../s1. The molecule has 8 nitrogen and oxygen atoms in total. The Bertz CT molecular complexity index is 1700. The van der Waals surface area contributed by atoms with Crippen LogP contribution in [0.5, 0.6) is 0 Å². The maximum atomic E-state index is 14.1. The molecule has 1 aromatic rings. The van der Waals surface area contributed by atoms with Crippen LogP contribution in [0, 0.1) is 95.7 Å². The maximum absolute atomic E-state index is 14.1. The highest BCUT2D eigenvalue weighted by atomic mass is 16.4. The molecule has 0 aromatic heterocycles. The molecule has 1 heterocycles. The fourth-order valence-electron chi connectivity index (χ4n) is 13.5. The van der Waals surface area contributed by atoms with Gasteiger partial charge in [-0.05, 0) is 140 Å². The molecule has 6 aliphatic rings. The van der Waals surface area contributed by atoms with Crippen LogP contribution >= 0.6 is 0 Å². The first-order chi connectivity index (χ1) is 28.7. The van der Waals surface area contributed by atoms with E-state index in [0.717, 1.165) is 44.1 Å². The van der Waals surface area contributed by atoms with Gasteiger partial charge in [0.2, 0.25) is 11.8 Å². The van der Waals surface area contributed by atoms with Crippen molar-refractivity contribution in [2.45, 2.75) is 125 Å². The Kier molecular flexibility index (Phi) is 19.0. The van der Waals surface area contributed by atoms with E-state index in [1.165, 1.54) is 31.3 Å². The normalized spacial score (nSPS) is 31.7. The molecule has 328 valence electrons. The number of allylic oxidation sites excluding steroid dienone is 2. The Morgan fingerprint density at radius 3 is 1.92 bits per heavy atom. The van der Waals surface area contributed by atoms with Crippen LogP contribution in [0.1, 0.15) is 141 Å². The number of aliphatic carboxylic acids is 1. The molecule has 8 heteroatoms. The summed E-state index contributed by atoms with van der Waals surface area (Å²) in [5.74, 6) is 0.964. The minimum absolute atomic E-state index is 0.0117. The number of nitrogens with zero attached hydrogens (tertiary/aromatic N) is 1. The lowest BCUT2D eigenvalue weighted by Crippen LogP contribution is -2.62. The van der Waals surface area contributed by atoms with Crippen LogP contribution in [-0.2, 0) is 14.4 Å². The SMILES string of the molecule is C#C.C#C.C#C.C=C.CC.CC1(C)C(c2ccc(C(=O)O)cc2)=CC[C@@]2(C)C1CC[C@@]1(C)C3CC[C@@]4(C(=O)NCCC(=O)N5CCC(C(=O)O)CC5)CCCC4[C@H]3CCC12. The lowest BCUT2D eigenvalue weighted by molar-refractivity contribution is -0.181. The van der Waals surface area contributed by atoms with Gasteiger partial charge in [0.05, 0.1) is 16.9 Å². The predicted molar refractivity (Wildman–Crippen MR) is 244 cm³/mol. The Labute approximate surface area is 362 Å². The van der Waals surface area contributed by atoms with Crippen molar-refractivity contribution < 1.29 is 29.4 Å². The Hall–Kier alpha value is -4.74. The highest BCUT2D eigenvalue weighted by Crippen LogP contribution is 2.73. The number of piperidine rings is 1. The predicted octanol–water partition coefficient (Wildman–Crippen LogP) is 10.2. The van der Waals surface area contributed by atoms with Crippen molar-refractivity contribution in [3.05, 3.63) is 54.6 Å². The number of fused-ring (bicyclic) bond motifs is 7. The topological polar surface area (TPSA) is 124 Å². The third-order valence-electron chi connectivity index (χ3n) is 15.8. The number of aromatic carboxylic acids is 1. The summed E-state index contributed by atoms with van der Waals surface area (Å²) in [6.07, 6.45) is 38.9. The molecule has 8 atom stereocenters. The van der Waals surface area contributed by atoms with Crippen LogP contribution in [0.15, 0.2) is 43.5 Å². The first-order valence-corrected chi connectivity index (χ1v) is 22.1. The number of carbonyl (C=O) groups is 4. The largest absolute Gasteiger partial charge is 0.481 e. The van der Waals surface area contributed by atoms with E-state index in [1.54, 1.807) is 17.0 Å². The van der Waals surface area contributed by atoms with Gasteiger partial charge < -0.3 is 20.4 Å². The quantitative estimate of drug-likeness (QED) is 0.186. The molecule has 60 heavy (non-hydrogen) atoms. The third kappa shape index (κ3) is 9.57. The van der Waals surface area contributed by atoms with E-state index in [-0.39, 0.29) is 45.8 Å². The fourth-order valence-corrected chi connectivity index (χ4v) is 13.5. The van der Waals surface area contributed by atoms with Gasteiger partial charge in [-0.25, -0.2) is 4.79 Å². The summed E-state index contributed by atoms with van der Waals surface area (Å²) in [5, 5.41) is 22.0. The summed E-state index contributed by atoms with van der Waals surface area (Å²) in [6.45, 7) is 21.3. The number of carboxylic acid groups (broad SMARTS) is 2. The third-order valence-corrected chi connectivity index (χ3v) is 15.8. The summed E-state index contributed by atoms with van der Waals surface area (Å²) < 4.78 is 0. The maximum Gasteiger partial charge on any atom is 0.335 e. The number of benzene rings is 1. The molecule has 0 radical (unpaired) electrons. The monoisotopic (exact) mass is 823 g/mol. The van der Waals surface area contributed by atoms with Crippen LogP contribution < -0.4 is 5.32 Å². The number of likely N-dealkylation sites (tertiary alicyclic amines) is 1. The number of hydrogen-bond acceptors (Lipinski definition) is 4. The Balaban J connectivity index is 0.00000116. The van der Waals surface area contributed by atoms with Gasteiger partial charge in [-0.15, -0.1) is 51.7 Å². The van der Waals surface area contributed by atoms with E-state index >= 15 is 0 Å². The van der Waals surface area contributed by atoms with Gasteiger partial charge in [-0.3, -0.25) is 14.4 Å². The molecule has 1 aromatic carbocycles. The molecule has 4 unspecified atom stereocenters. The molecule has 1 saturated heterocycles. The first kappa shape index (κ1) is 51.4. The van der Waals surface area contributed by atoms with Crippen molar-refractivity contribution in [3.63, 3.8) is 0 Å². The van der Waals surface area contributed by atoms with Crippen LogP contribution in [0.4, 0.5) is 0 Å². The number of hydrogen-bond donors (Lipinski definition) is 3. The summed E-state index contributed by atoms with van der Waals surface area (Å²) in [7, 11) is 0. The minimum atomic E-state index is -0.888. The van der Waals surface area contributed by atoms with E-state index in [4.69, 9.17) is 0 Å². The van der Waals surface area contributed by atoms with E-state index in [2.05, 4.69) is 90.8 Å². The highest BCUT2D eigenvalue weighted by Gasteiger charge is 2.66. The Morgan fingerprint density at radius 1 is 0.750 bits per heavy atom. The summed E-state index contributed by atoms with van der Waals surface area (Å²) in [5.41, 5.74) is 2.96. The number of amides is 2. The van der Waals surface area contributed by atoms with Gasteiger partial charge in [0.15, 0.2) is 0 Å². The van der Waals surface area contributed by atoms with E-state index in [1.807, 2.05) is 26.0 Å². The number of carbonyl (C=O) groups excluding carboxylic acids is 2. The molecule has 0 bridgehead atoms. The van der Waals surface area contributed by atoms with Gasteiger partial charge >= 0.3 is 11.9 Å². The molecule has 0 spiro atoms. The van der Waals surface area contributed by atoms with Crippen molar-refractivity contribution >= 4 is 29.3 Å². The zero-order chi connectivity index (χ0) is 45.6. The summed E-state index contributed by atoms with van der Waals surface area (Å²) in [6, 6.07) is 7.47. The zero-order valence-corrected chi connectivity index (χ0v) is 37.5. The Morgan fingerprint density at radius 2 is 1.35 bits per heavy atom. The van der Waals surface area contributed by atoms with Gasteiger partial charge in [0, 0.05) is 26.1 Å². The zero-order valence-electron chi connectivity index (χ0n) is 37.5. The second-order valence-electron chi connectivity index (χ2n) is 18.1.